The van der Waals surface area contributed by atoms with E-state index in [0.29, 0.717) is 16.9 Å². The zero-order chi connectivity index (χ0) is 42.8. The van der Waals surface area contributed by atoms with Gasteiger partial charge in [0.15, 0.2) is 0 Å². The zero-order valence-electron chi connectivity index (χ0n) is 35.4. The molecule has 3 aliphatic rings. The molecule has 0 radical (unpaired) electrons. The summed E-state index contributed by atoms with van der Waals surface area (Å²) in [5.74, 6) is 2.88. The average molecular weight is 935 g/mol. The van der Waals surface area contributed by atoms with Crippen LogP contribution in [0.2, 0.25) is 5.02 Å². The molecule has 62 heavy (non-hydrogen) atoms. The van der Waals surface area contributed by atoms with Crippen molar-refractivity contribution in [2.45, 2.75) is 37.2 Å². The van der Waals surface area contributed by atoms with E-state index in [9.17, 15) is 0 Å². The summed E-state index contributed by atoms with van der Waals surface area (Å²) in [4.78, 5) is 4.87. The molecule has 0 aromatic heterocycles. The molecular weight excluding hydrogens is 878 g/mol. The third-order valence-corrected chi connectivity index (χ3v) is 13.1. The Balaban J connectivity index is 0.000000148. The Bertz CT molecular complexity index is 2200. The van der Waals surface area contributed by atoms with Crippen molar-refractivity contribution in [2.24, 2.45) is 0 Å². The molecule has 6 aromatic rings. The maximum absolute atomic E-state index is 6.37. The molecule has 0 saturated carbocycles. The van der Waals surface area contributed by atoms with Crippen LogP contribution in [0.4, 0.5) is 0 Å². The second-order valence-electron chi connectivity index (χ2n) is 15.5. The molecule has 0 bridgehead atoms. The highest BCUT2D eigenvalue weighted by Crippen LogP contribution is 2.33. The molecule has 6 aromatic carbocycles. The Morgan fingerprint density at radius 2 is 1.27 bits per heavy atom. The lowest BCUT2D eigenvalue weighted by atomic mass is 10.1. The number of ether oxygens (including phenoxy) is 4. The first-order valence-electron chi connectivity index (χ1n) is 21.4. The molecule has 0 amide bonds. The maximum atomic E-state index is 6.37. The SMILES string of the molecule is Brc1ccc(C2CNCCS2)cc1.COc1ccc(C2CN(Cc3ccccc3)CCO2)c(Cl)c1.c1ccc(COc2cccc(C3CN(Cc4ccccc4)CCO3)c2)cc1. The van der Waals surface area contributed by atoms with Gasteiger partial charge >= 0.3 is 0 Å². The van der Waals surface area contributed by atoms with Crippen molar-refractivity contribution in [2.75, 3.05) is 65.3 Å². The van der Waals surface area contributed by atoms with E-state index in [4.69, 9.17) is 30.5 Å². The number of halogens is 2. The Hall–Kier alpha value is -4.16. The number of nitrogens with one attached hydrogen (secondary N) is 1. The van der Waals surface area contributed by atoms with Gasteiger partial charge in [-0.1, -0.05) is 149 Å². The van der Waals surface area contributed by atoms with Gasteiger partial charge in [-0.3, -0.25) is 9.80 Å². The van der Waals surface area contributed by atoms with E-state index in [0.717, 1.165) is 87.1 Å². The van der Waals surface area contributed by atoms with Gasteiger partial charge in [-0.15, -0.1) is 0 Å². The predicted molar refractivity (Wildman–Crippen MR) is 258 cm³/mol. The van der Waals surface area contributed by atoms with Crippen LogP contribution >= 0.6 is 39.3 Å². The van der Waals surface area contributed by atoms with Crippen molar-refractivity contribution in [3.8, 4) is 11.5 Å². The van der Waals surface area contributed by atoms with E-state index in [-0.39, 0.29) is 12.2 Å². The number of rotatable bonds is 11. The van der Waals surface area contributed by atoms with Gasteiger partial charge in [0.25, 0.3) is 0 Å². The maximum Gasteiger partial charge on any atom is 0.120 e. The van der Waals surface area contributed by atoms with Crippen molar-refractivity contribution in [1.82, 2.24) is 15.1 Å². The van der Waals surface area contributed by atoms with E-state index >= 15 is 0 Å². The number of morpholine rings is 2. The van der Waals surface area contributed by atoms with Crippen LogP contribution in [0, 0.1) is 0 Å². The minimum Gasteiger partial charge on any atom is -0.497 e. The normalized spacial score (nSPS) is 19.2. The minimum atomic E-state index is 0.0101. The van der Waals surface area contributed by atoms with Crippen molar-refractivity contribution in [3.63, 3.8) is 0 Å². The average Bonchev–Trinajstić information content (AvgIpc) is 3.33. The fourth-order valence-corrected chi connectivity index (χ4v) is 9.35. The molecule has 10 heteroatoms. The van der Waals surface area contributed by atoms with E-state index in [1.54, 1.807) is 7.11 Å². The fourth-order valence-electron chi connectivity index (χ4n) is 7.66. The summed E-state index contributed by atoms with van der Waals surface area (Å²) in [7, 11) is 1.64. The lowest BCUT2D eigenvalue weighted by Gasteiger charge is -2.33. The largest absolute Gasteiger partial charge is 0.497 e. The molecule has 0 aliphatic carbocycles. The second-order valence-corrected chi connectivity index (χ2v) is 18.1. The fraction of sp³-hybridized carbons (Fsp3) is 0.308. The highest BCUT2D eigenvalue weighted by Gasteiger charge is 2.25. The Morgan fingerprint density at radius 1 is 0.661 bits per heavy atom. The Labute approximate surface area is 385 Å². The van der Waals surface area contributed by atoms with E-state index in [1.807, 2.05) is 60.3 Å². The quantitative estimate of drug-likeness (QED) is 0.138. The summed E-state index contributed by atoms with van der Waals surface area (Å²) < 4.78 is 24.3. The third kappa shape index (κ3) is 14.4. The van der Waals surface area contributed by atoms with Gasteiger partial charge < -0.3 is 24.3 Å². The smallest absolute Gasteiger partial charge is 0.120 e. The highest BCUT2D eigenvalue weighted by atomic mass is 79.9. The summed E-state index contributed by atoms with van der Waals surface area (Å²) in [6.45, 7) is 9.87. The summed E-state index contributed by atoms with van der Waals surface area (Å²) in [5, 5.41) is 4.76. The highest BCUT2D eigenvalue weighted by molar-refractivity contribution is 9.10. The van der Waals surface area contributed by atoms with Gasteiger partial charge in [0.2, 0.25) is 0 Å². The van der Waals surface area contributed by atoms with Crippen LogP contribution in [0.25, 0.3) is 0 Å². The number of thioether (sulfide) groups is 1. The second kappa shape index (κ2) is 24.6. The molecule has 3 aliphatic heterocycles. The topological polar surface area (TPSA) is 55.4 Å². The van der Waals surface area contributed by atoms with Crippen LogP contribution in [-0.4, -0.2) is 75.1 Å². The van der Waals surface area contributed by atoms with Crippen molar-refractivity contribution < 1.29 is 18.9 Å². The van der Waals surface area contributed by atoms with E-state index in [1.165, 1.54) is 33.6 Å². The van der Waals surface area contributed by atoms with Gasteiger partial charge in [-0.25, -0.2) is 0 Å². The van der Waals surface area contributed by atoms with E-state index in [2.05, 4.69) is 140 Å². The summed E-state index contributed by atoms with van der Waals surface area (Å²) in [5.41, 5.74) is 7.48. The van der Waals surface area contributed by atoms with Crippen LogP contribution in [-0.2, 0) is 29.2 Å². The minimum absolute atomic E-state index is 0.0101. The summed E-state index contributed by atoms with van der Waals surface area (Å²) in [6, 6.07) is 54.1. The molecule has 7 nitrogen and oxygen atoms in total. The summed E-state index contributed by atoms with van der Waals surface area (Å²) >= 11 is 11.9. The lowest BCUT2D eigenvalue weighted by molar-refractivity contribution is -0.0330. The number of methoxy groups -OCH3 is 1. The van der Waals surface area contributed by atoms with Crippen LogP contribution in [0.1, 0.15) is 50.8 Å². The predicted octanol–water partition coefficient (Wildman–Crippen LogP) is 11.6. The van der Waals surface area contributed by atoms with Crippen molar-refractivity contribution in [1.29, 1.82) is 0 Å². The molecule has 3 fully saturated rings. The summed E-state index contributed by atoms with van der Waals surface area (Å²) in [6.07, 6.45) is 0.0959. The van der Waals surface area contributed by atoms with Crippen molar-refractivity contribution >= 4 is 39.3 Å². The van der Waals surface area contributed by atoms with Crippen LogP contribution < -0.4 is 14.8 Å². The lowest BCUT2D eigenvalue weighted by Crippen LogP contribution is -2.37. The van der Waals surface area contributed by atoms with Crippen molar-refractivity contribution in [3.05, 3.63) is 201 Å². The number of hydrogen-bond acceptors (Lipinski definition) is 8. The standard InChI is InChI=1S/C24H25NO2.C18H20ClNO2.C10H12BrNS/c1-3-8-20(9-4-1)17-25-14-15-26-24(18-25)22-12-7-13-23(16-22)27-19-21-10-5-2-6-11-21;1-21-15-7-8-16(17(19)11-15)18-13-20(9-10-22-18)12-14-5-3-2-4-6-14;11-9-3-1-8(2-4-9)10-7-12-5-6-13-10/h1-13,16,24H,14-15,17-19H2;2-8,11,18H,9-10,12-13H2,1H3;1-4,10,12H,5-7H2. The zero-order valence-corrected chi connectivity index (χ0v) is 38.6. The first kappa shape index (κ1) is 45.9. The van der Waals surface area contributed by atoms with Gasteiger partial charge in [-0.05, 0) is 64.2 Å². The van der Waals surface area contributed by atoms with Gasteiger partial charge in [0.05, 0.1) is 37.6 Å². The molecule has 3 unspecified atom stereocenters. The molecule has 3 heterocycles. The first-order valence-corrected chi connectivity index (χ1v) is 23.6. The Morgan fingerprint density at radius 3 is 1.87 bits per heavy atom. The van der Waals surface area contributed by atoms with Gasteiger partial charge in [-0.2, -0.15) is 11.8 Å². The number of nitrogens with zero attached hydrogens (tertiary/aromatic N) is 2. The van der Waals surface area contributed by atoms with Crippen LogP contribution in [0.5, 0.6) is 11.5 Å². The molecule has 3 atom stereocenters. The number of hydrogen-bond donors (Lipinski definition) is 1. The monoisotopic (exact) mass is 933 g/mol. The molecule has 9 rings (SSSR count). The number of benzene rings is 6. The Kier molecular flexibility index (Phi) is 18.2. The molecule has 324 valence electrons. The van der Waals surface area contributed by atoms with Gasteiger partial charge in [0, 0.05) is 73.4 Å². The van der Waals surface area contributed by atoms with Crippen LogP contribution in [0.15, 0.2) is 162 Å². The third-order valence-electron chi connectivity index (χ3n) is 11.0. The first-order chi connectivity index (χ1) is 30.5. The molecule has 3 saturated heterocycles. The molecule has 0 spiro atoms. The van der Waals surface area contributed by atoms with Gasteiger partial charge in [0.1, 0.15) is 18.1 Å². The molecule has 1 N–H and O–H groups in total. The molecular formula is C52H57BrClN3O4S. The van der Waals surface area contributed by atoms with E-state index < -0.39 is 0 Å². The van der Waals surface area contributed by atoms with Crippen LogP contribution in [0.3, 0.4) is 0 Å².